The maximum absolute atomic E-state index is 12.8. The van der Waals surface area contributed by atoms with Crippen molar-refractivity contribution >= 4 is 11.9 Å². The van der Waals surface area contributed by atoms with Gasteiger partial charge in [-0.1, -0.05) is 20.8 Å². The molecule has 0 radical (unpaired) electrons. The lowest BCUT2D eigenvalue weighted by atomic mass is 9.93. The molecule has 1 aromatic heterocycles. The van der Waals surface area contributed by atoms with Crippen molar-refractivity contribution in [2.45, 2.75) is 26.2 Å². The van der Waals surface area contributed by atoms with Gasteiger partial charge in [0.05, 0.1) is 0 Å². The van der Waals surface area contributed by atoms with Crippen LogP contribution in [0.1, 0.15) is 36.8 Å². The minimum atomic E-state index is -0.542. The van der Waals surface area contributed by atoms with Crippen molar-refractivity contribution in [3.05, 3.63) is 51.7 Å². The van der Waals surface area contributed by atoms with Crippen LogP contribution in [0.2, 0.25) is 0 Å². The van der Waals surface area contributed by atoms with Gasteiger partial charge in [-0.3, -0.25) is 20.4 Å². The molecule has 0 unspecified atom stereocenters. The molecule has 0 spiro atoms. The van der Waals surface area contributed by atoms with Crippen LogP contribution in [-0.4, -0.2) is 20.8 Å². The van der Waals surface area contributed by atoms with E-state index in [1.807, 2.05) is 20.8 Å². The highest BCUT2D eigenvalue weighted by Crippen LogP contribution is 2.15. The van der Waals surface area contributed by atoms with Crippen LogP contribution in [-0.2, 0) is 5.41 Å². The Kier molecular flexibility index (Phi) is 4.30. The van der Waals surface area contributed by atoms with Gasteiger partial charge < -0.3 is 5.84 Å². The molecular formula is C14H17FN6O2. The highest BCUT2D eigenvalue weighted by atomic mass is 19.1. The topological polar surface area (TPSA) is 115 Å². The Balaban J connectivity index is 2.15. The van der Waals surface area contributed by atoms with E-state index in [-0.39, 0.29) is 17.2 Å². The zero-order valence-electron chi connectivity index (χ0n) is 12.9. The molecule has 9 heteroatoms. The monoisotopic (exact) mass is 320 g/mol. The molecule has 1 heterocycles. The molecule has 8 nitrogen and oxygen atoms in total. The molecule has 0 saturated heterocycles. The standard InChI is InChI=1S/C14H17FN6O2/c1-14(2,3)10-12(23)21(16)13(19-17-10)20-18-11(22)8-4-6-9(15)7-5-8/h4-7H,16H2,1-3H3,(H,18,22)(H,19,20). The minimum Gasteiger partial charge on any atom is -0.333 e. The quantitative estimate of drug-likeness (QED) is 0.562. The summed E-state index contributed by atoms with van der Waals surface area (Å²) in [7, 11) is 0. The Bertz CT molecular complexity index is 779. The Labute approximate surface area is 131 Å². The summed E-state index contributed by atoms with van der Waals surface area (Å²) in [5, 5.41) is 7.63. The molecule has 1 aromatic carbocycles. The number of hydrogen-bond donors (Lipinski definition) is 3. The summed E-state index contributed by atoms with van der Waals surface area (Å²) in [6, 6.07) is 4.95. The molecule has 23 heavy (non-hydrogen) atoms. The first-order valence-corrected chi connectivity index (χ1v) is 6.77. The summed E-state index contributed by atoms with van der Waals surface area (Å²) in [4.78, 5) is 24.0. The number of nitrogens with one attached hydrogen (secondary N) is 2. The first-order chi connectivity index (χ1) is 10.7. The normalized spacial score (nSPS) is 11.1. The van der Waals surface area contributed by atoms with Crippen LogP contribution >= 0.6 is 0 Å². The van der Waals surface area contributed by atoms with E-state index in [1.165, 1.54) is 12.1 Å². The van der Waals surface area contributed by atoms with E-state index in [2.05, 4.69) is 21.0 Å². The van der Waals surface area contributed by atoms with Crippen molar-refractivity contribution in [3.63, 3.8) is 0 Å². The number of halogens is 1. The fourth-order valence-corrected chi connectivity index (χ4v) is 1.74. The number of amides is 1. The second-order valence-electron chi connectivity index (χ2n) is 5.88. The third kappa shape index (κ3) is 3.62. The lowest BCUT2D eigenvalue weighted by Crippen LogP contribution is -2.41. The molecule has 0 fully saturated rings. The number of rotatable bonds is 3. The van der Waals surface area contributed by atoms with Gasteiger partial charge in [0.2, 0.25) is 0 Å². The summed E-state index contributed by atoms with van der Waals surface area (Å²) in [6.45, 7) is 5.42. The first-order valence-electron chi connectivity index (χ1n) is 6.77. The Hall–Kier alpha value is -2.97. The number of carbonyl (C=O) groups excluding carboxylic acids is 1. The van der Waals surface area contributed by atoms with E-state index >= 15 is 0 Å². The average Bonchev–Trinajstić information content (AvgIpc) is 2.48. The molecule has 0 aliphatic carbocycles. The lowest BCUT2D eigenvalue weighted by Gasteiger charge is -2.17. The number of anilines is 1. The van der Waals surface area contributed by atoms with Crippen LogP contribution in [0, 0.1) is 5.82 Å². The van der Waals surface area contributed by atoms with E-state index in [1.54, 1.807) is 0 Å². The number of nitrogen functional groups attached to an aromatic ring is 1. The fourth-order valence-electron chi connectivity index (χ4n) is 1.74. The van der Waals surface area contributed by atoms with Crippen molar-refractivity contribution in [1.82, 2.24) is 20.3 Å². The van der Waals surface area contributed by atoms with E-state index < -0.39 is 22.7 Å². The molecule has 4 N–H and O–H groups in total. The third-order valence-electron chi connectivity index (χ3n) is 3.00. The summed E-state index contributed by atoms with van der Waals surface area (Å²) in [5.41, 5.74) is 4.12. The number of benzene rings is 1. The van der Waals surface area contributed by atoms with Gasteiger partial charge in [0, 0.05) is 11.0 Å². The number of hydrogen-bond acceptors (Lipinski definition) is 6. The second-order valence-corrected chi connectivity index (χ2v) is 5.88. The second kappa shape index (κ2) is 6.03. The first kappa shape index (κ1) is 16.4. The molecule has 0 saturated carbocycles. The maximum atomic E-state index is 12.8. The van der Waals surface area contributed by atoms with E-state index in [4.69, 9.17) is 5.84 Å². The van der Waals surface area contributed by atoms with Crippen LogP contribution in [0.15, 0.2) is 29.1 Å². The van der Waals surface area contributed by atoms with Gasteiger partial charge in [-0.05, 0) is 24.3 Å². The number of hydrazine groups is 1. The molecule has 1 amide bonds. The van der Waals surface area contributed by atoms with Crippen molar-refractivity contribution in [2.75, 3.05) is 11.3 Å². The van der Waals surface area contributed by atoms with Crippen molar-refractivity contribution in [2.24, 2.45) is 0 Å². The third-order valence-corrected chi connectivity index (χ3v) is 3.00. The number of aromatic nitrogens is 3. The van der Waals surface area contributed by atoms with Gasteiger partial charge in [0.25, 0.3) is 17.4 Å². The number of nitrogens with two attached hydrogens (primary N) is 1. The van der Waals surface area contributed by atoms with Crippen molar-refractivity contribution < 1.29 is 9.18 Å². The highest BCUT2D eigenvalue weighted by molar-refractivity contribution is 5.94. The summed E-state index contributed by atoms with van der Waals surface area (Å²) in [5.74, 6) is 4.54. The molecule has 0 bridgehead atoms. The van der Waals surface area contributed by atoms with Gasteiger partial charge >= 0.3 is 0 Å². The fraction of sp³-hybridized carbons (Fsp3) is 0.286. The highest BCUT2D eigenvalue weighted by Gasteiger charge is 2.22. The molecule has 122 valence electrons. The predicted molar refractivity (Wildman–Crippen MR) is 82.6 cm³/mol. The molecule has 0 aliphatic heterocycles. The van der Waals surface area contributed by atoms with E-state index in [0.717, 1.165) is 16.8 Å². The average molecular weight is 320 g/mol. The molecular weight excluding hydrogens is 303 g/mol. The molecule has 2 rings (SSSR count). The summed E-state index contributed by atoms with van der Waals surface area (Å²) >= 11 is 0. The predicted octanol–water partition coefficient (Wildman–Crippen LogP) is 0.546. The maximum Gasteiger partial charge on any atom is 0.295 e. The van der Waals surface area contributed by atoms with E-state index in [9.17, 15) is 14.0 Å². The zero-order valence-corrected chi connectivity index (χ0v) is 12.9. The van der Waals surface area contributed by atoms with Crippen LogP contribution in [0.5, 0.6) is 0 Å². The van der Waals surface area contributed by atoms with Crippen LogP contribution in [0.25, 0.3) is 0 Å². The molecule has 0 aliphatic rings. The van der Waals surface area contributed by atoms with Crippen molar-refractivity contribution in [3.8, 4) is 0 Å². The van der Waals surface area contributed by atoms with Gasteiger partial charge in [0.1, 0.15) is 11.5 Å². The van der Waals surface area contributed by atoms with Crippen molar-refractivity contribution in [1.29, 1.82) is 0 Å². The number of carbonyl (C=O) groups is 1. The lowest BCUT2D eigenvalue weighted by molar-refractivity contribution is 0.0962. The summed E-state index contributed by atoms with van der Waals surface area (Å²) in [6.07, 6.45) is 0. The molecule has 2 aromatic rings. The van der Waals surface area contributed by atoms with Gasteiger partial charge in [-0.15, -0.1) is 10.2 Å². The largest absolute Gasteiger partial charge is 0.333 e. The van der Waals surface area contributed by atoms with Gasteiger partial charge in [-0.2, -0.15) is 4.68 Å². The summed E-state index contributed by atoms with van der Waals surface area (Å²) < 4.78 is 13.6. The Morgan fingerprint density at radius 3 is 2.39 bits per heavy atom. The van der Waals surface area contributed by atoms with Crippen LogP contribution < -0.4 is 22.3 Å². The zero-order chi connectivity index (χ0) is 17.2. The van der Waals surface area contributed by atoms with Crippen LogP contribution in [0.4, 0.5) is 10.3 Å². The Morgan fingerprint density at radius 2 is 1.83 bits per heavy atom. The SMILES string of the molecule is CC(C)(C)c1nnc(NNC(=O)c2ccc(F)cc2)n(N)c1=O. The smallest absolute Gasteiger partial charge is 0.295 e. The van der Waals surface area contributed by atoms with Gasteiger partial charge in [-0.25, -0.2) is 4.39 Å². The van der Waals surface area contributed by atoms with Crippen LogP contribution in [0.3, 0.4) is 0 Å². The number of nitrogens with zero attached hydrogens (tertiary/aromatic N) is 3. The molecule has 0 atom stereocenters. The Morgan fingerprint density at radius 1 is 1.22 bits per heavy atom. The van der Waals surface area contributed by atoms with E-state index in [0.29, 0.717) is 0 Å². The van der Waals surface area contributed by atoms with Gasteiger partial charge in [0.15, 0.2) is 0 Å². The minimum absolute atomic E-state index is 0.126.